The number of rotatable bonds is 2. The van der Waals surface area contributed by atoms with Crippen molar-refractivity contribution in [3.8, 4) is 11.5 Å². The second-order valence-electron chi connectivity index (χ2n) is 2.29. The smallest absolute Gasteiger partial charge is 0.321 e. The summed E-state index contributed by atoms with van der Waals surface area (Å²) < 4.78 is 0. The van der Waals surface area contributed by atoms with Crippen LogP contribution in [-0.4, -0.2) is 15.1 Å². The predicted octanol–water partition coefficient (Wildman–Crippen LogP) is 1.45. The SMILES string of the molecule is [CH]=Cc1ccc(O)c(O)c1[N+](=O)[O-]. The molecule has 0 aliphatic heterocycles. The molecule has 1 aromatic carbocycles. The van der Waals surface area contributed by atoms with E-state index in [0.29, 0.717) is 0 Å². The molecule has 0 bridgehead atoms. The molecule has 0 amide bonds. The zero-order valence-corrected chi connectivity index (χ0v) is 6.47. The topological polar surface area (TPSA) is 83.6 Å². The first-order valence-corrected chi connectivity index (χ1v) is 3.32. The summed E-state index contributed by atoms with van der Waals surface area (Å²) in [5.74, 6) is -1.32. The number of benzene rings is 1. The second-order valence-corrected chi connectivity index (χ2v) is 2.29. The van der Waals surface area contributed by atoms with Gasteiger partial charge < -0.3 is 10.2 Å². The number of hydrogen-bond acceptors (Lipinski definition) is 4. The average Bonchev–Trinajstić information content (AvgIpc) is 2.08. The fourth-order valence-corrected chi connectivity index (χ4v) is 0.911. The van der Waals surface area contributed by atoms with Gasteiger partial charge in [0.2, 0.25) is 5.75 Å². The number of phenolic OH excluding ortho intramolecular Hbond substituents is 2. The van der Waals surface area contributed by atoms with Gasteiger partial charge >= 0.3 is 5.69 Å². The predicted molar refractivity (Wildman–Crippen MR) is 45.2 cm³/mol. The minimum Gasteiger partial charge on any atom is -0.504 e. The molecule has 1 aromatic rings. The van der Waals surface area contributed by atoms with Crippen molar-refractivity contribution in [2.24, 2.45) is 0 Å². The molecule has 1 rings (SSSR count). The van der Waals surface area contributed by atoms with Crippen LogP contribution in [0.5, 0.6) is 11.5 Å². The van der Waals surface area contributed by atoms with E-state index in [9.17, 15) is 10.1 Å². The lowest BCUT2D eigenvalue weighted by Gasteiger charge is -2.01. The van der Waals surface area contributed by atoms with Crippen molar-refractivity contribution < 1.29 is 15.1 Å². The first-order chi connectivity index (χ1) is 6.07. The molecule has 67 valence electrons. The van der Waals surface area contributed by atoms with Crippen LogP contribution in [0.1, 0.15) is 5.56 Å². The van der Waals surface area contributed by atoms with E-state index in [1.54, 1.807) is 0 Å². The molecular formula is C8H6NO4. The summed E-state index contributed by atoms with van der Waals surface area (Å²) in [6.45, 7) is 5.09. The van der Waals surface area contributed by atoms with Crippen LogP contribution in [-0.2, 0) is 0 Å². The minimum absolute atomic E-state index is 0.0558. The Morgan fingerprint density at radius 2 is 2.08 bits per heavy atom. The lowest BCUT2D eigenvalue weighted by atomic mass is 10.1. The number of nitrogens with zero attached hydrogens (tertiary/aromatic N) is 1. The van der Waals surface area contributed by atoms with Crippen LogP contribution in [0.3, 0.4) is 0 Å². The Bertz CT molecular complexity index is 373. The minimum atomic E-state index is -0.812. The highest BCUT2D eigenvalue weighted by Gasteiger charge is 2.20. The number of nitro benzene ring substituents is 1. The van der Waals surface area contributed by atoms with Crippen molar-refractivity contribution in [1.82, 2.24) is 0 Å². The average molecular weight is 180 g/mol. The first kappa shape index (κ1) is 9.05. The number of nitro groups is 1. The van der Waals surface area contributed by atoms with Crippen molar-refractivity contribution in [2.75, 3.05) is 0 Å². The van der Waals surface area contributed by atoms with Gasteiger partial charge in [-0.3, -0.25) is 10.1 Å². The van der Waals surface area contributed by atoms with Gasteiger partial charge in [0, 0.05) is 0 Å². The van der Waals surface area contributed by atoms with Crippen LogP contribution in [0.4, 0.5) is 5.69 Å². The van der Waals surface area contributed by atoms with E-state index in [-0.39, 0.29) is 5.56 Å². The normalized spacial score (nSPS) is 9.54. The fraction of sp³-hybridized carbons (Fsp3) is 0. The molecule has 5 heteroatoms. The van der Waals surface area contributed by atoms with Crippen molar-refractivity contribution in [3.63, 3.8) is 0 Å². The van der Waals surface area contributed by atoms with E-state index < -0.39 is 22.1 Å². The third-order valence-corrected chi connectivity index (χ3v) is 1.52. The maximum Gasteiger partial charge on any atom is 0.321 e. The van der Waals surface area contributed by atoms with Crippen LogP contribution < -0.4 is 0 Å². The van der Waals surface area contributed by atoms with Crippen LogP contribution in [0.15, 0.2) is 12.1 Å². The monoisotopic (exact) mass is 180 g/mol. The van der Waals surface area contributed by atoms with E-state index in [2.05, 4.69) is 0 Å². The van der Waals surface area contributed by atoms with Gasteiger partial charge in [-0.05, 0) is 18.2 Å². The van der Waals surface area contributed by atoms with E-state index >= 15 is 0 Å². The molecule has 5 nitrogen and oxygen atoms in total. The van der Waals surface area contributed by atoms with Crippen molar-refractivity contribution >= 4 is 11.8 Å². The van der Waals surface area contributed by atoms with Gasteiger partial charge in [-0.15, -0.1) is 0 Å². The number of hydrogen-bond donors (Lipinski definition) is 2. The third kappa shape index (κ3) is 1.44. The lowest BCUT2D eigenvalue weighted by Crippen LogP contribution is -1.92. The molecule has 0 aliphatic rings. The van der Waals surface area contributed by atoms with E-state index in [4.69, 9.17) is 16.8 Å². The van der Waals surface area contributed by atoms with E-state index in [1.165, 1.54) is 6.07 Å². The quantitative estimate of drug-likeness (QED) is 0.410. The molecule has 0 aromatic heterocycles. The maximum absolute atomic E-state index is 10.4. The largest absolute Gasteiger partial charge is 0.504 e. The molecule has 0 heterocycles. The van der Waals surface area contributed by atoms with Crippen LogP contribution in [0, 0.1) is 16.7 Å². The Kier molecular flexibility index (Phi) is 2.19. The summed E-state index contributed by atoms with van der Waals surface area (Å²) in [6.07, 6.45) is 0.983. The molecule has 0 unspecified atom stereocenters. The number of phenols is 2. The van der Waals surface area contributed by atoms with E-state index in [1.807, 2.05) is 0 Å². The highest BCUT2D eigenvalue weighted by molar-refractivity contribution is 5.68. The Morgan fingerprint density at radius 1 is 1.46 bits per heavy atom. The van der Waals surface area contributed by atoms with Crippen molar-refractivity contribution in [2.45, 2.75) is 0 Å². The van der Waals surface area contributed by atoms with E-state index in [0.717, 1.165) is 12.1 Å². The van der Waals surface area contributed by atoms with Crippen molar-refractivity contribution in [1.29, 1.82) is 0 Å². The Labute approximate surface area is 73.7 Å². The molecule has 13 heavy (non-hydrogen) atoms. The fourth-order valence-electron chi connectivity index (χ4n) is 0.911. The van der Waals surface area contributed by atoms with Gasteiger partial charge in [0.1, 0.15) is 0 Å². The number of aromatic hydroxyl groups is 2. The maximum atomic E-state index is 10.4. The highest BCUT2D eigenvalue weighted by atomic mass is 16.6. The van der Waals surface area contributed by atoms with Crippen LogP contribution >= 0.6 is 0 Å². The zero-order chi connectivity index (χ0) is 10.0. The molecule has 0 spiro atoms. The molecule has 1 radical (unpaired) electrons. The molecule has 0 saturated heterocycles. The van der Waals surface area contributed by atoms with Gasteiger partial charge in [0.15, 0.2) is 5.75 Å². The van der Waals surface area contributed by atoms with Gasteiger partial charge in [0.05, 0.1) is 10.5 Å². The molecule has 0 aliphatic carbocycles. The summed E-state index contributed by atoms with van der Waals surface area (Å²) in [7, 11) is 0. The van der Waals surface area contributed by atoms with Crippen LogP contribution in [0.25, 0.3) is 6.08 Å². The van der Waals surface area contributed by atoms with Gasteiger partial charge in [-0.25, -0.2) is 0 Å². The molecule has 0 saturated carbocycles. The van der Waals surface area contributed by atoms with Gasteiger partial charge in [-0.1, -0.05) is 6.58 Å². The van der Waals surface area contributed by atoms with Crippen molar-refractivity contribution in [3.05, 3.63) is 34.4 Å². The molecular weight excluding hydrogens is 174 g/mol. The first-order valence-electron chi connectivity index (χ1n) is 3.32. The lowest BCUT2D eigenvalue weighted by molar-refractivity contribution is -0.386. The Morgan fingerprint density at radius 3 is 2.54 bits per heavy atom. The summed E-state index contributed by atoms with van der Waals surface area (Å²) in [6, 6.07) is 2.37. The summed E-state index contributed by atoms with van der Waals surface area (Å²) in [4.78, 5) is 9.60. The summed E-state index contributed by atoms with van der Waals surface area (Å²) in [5.41, 5.74) is -0.539. The van der Waals surface area contributed by atoms with Gasteiger partial charge in [0.25, 0.3) is 0 Å². The highest BCUT2D eigenvalue weighted by Crippen LogP contribution is 2.37. The molecule has 0 atom stereocenters. The van der Waals surface area contributed by atoms with Gasteiger partial charge in [-0.2, -0.15) is 0 Å². The Hall–Kier alpha value is -2.04. The molecule has 0 fully saturated rings. The second kappa shape index (κ2) is 3.14. The Balaban J connectivity index is 3.50. The zero-order valence-electron chi connectivity index (χ0n) is 6.47. The summed E-state index contributed by atoms with van der Waals surface area (Å²) >= 11 is 0. The third-order valence-electron chi connectivity index (χ3n) is 1.52. The van der Waals surface area contributed by atoms with Crippen LogP contribution in [0.2, 0.25) is 0 Å². The standard InChI is InChI=1S/C8H6NO4/c1-2-5-3-4-6(10)8(11)7(5)9(12)13/h1-4,10-11H. The summed E-state index contributed by atoms with van der Waals surface area (Å²) in [5, 5.41) is 28.5. The molecule has 2 N–H and O–H groups in total.